The molecule has 1 aromatic carbocycles. The first-order chi connectivity index (χ1) is 7.29. The van der Waals surface area contributed by atoms with Crippen molar-refractivity contribution in [1.29, 1.82) is 0 Å². The molecule has 1 aliphatic rings. The van der Waals surface area contributed by atoms with Gasteiger partial charge in [0.1, 0.15) is 0 Å². The molecule has 2 atom stereocenters. The van der Waals surface area contributed by atoms with Crippen LogP contribution in [0.4, 0.5) is 0 Å². The zero-order chi connectivity index (χ0) is 10.7. The van der Waals surface area contributed by atoms with Crippen molar-refractivity contribution in [3.05, 3.63) is 29.8 Å². The second kappa shape index (κ2) is 5.14. The minimum atomic E-state index is -0.744. The molecule has 2 nitrogen and oxygen atoms in total. The zero-order valence-corrected chi connectivity index (χ0v) is 10.2. The lowest BCUT2D eigenvalue weighted by Crippen LogP contribution is -2.19. The average molecular weight is 241 g/mol. The fourth-order valence-corrected chi connectivity index (χ4v) is 4.54. The van der Waals surface area contributed by atoms with Crippen molar-refractivity contribution in [2.75, 3.05) is 18.1 Å². The largest absolute Gasteiger partial charge is 0.330 e. The van der Waals surface area contributed by atoms with Gasteiger partial charge in [0.25, 0.3) is 0 Å². The monoisotopic (exact) mass is 241 g/mol. The molecule has 2 unspecified atom stereocenters. The van der Waals surface area contributed by atoms with Gasteiger partial charge in [0, 0.05) is 39.0 Å². The number of benzene rings is 1. The highest BCUT2D eigenvalue weighted by molar-refractivity contribution is 8.01. The highest BCUT2D eigenvalue weighted by Gasteiger charge is 2.23. The summed E-state index contributed by atoms with van der Waals surface area (Å²) in [6, 6.07) is 8.43. The van der Waals surface area contributed by atoms with E-state index in [9.17, 15) is 4.21 Å². The highest BCUT2D eigenvalue weighted by atomic mass is 32.2. The minimum Gasteiger partial charge on any atom is -0.330 e. The molecule has 82 valence electrons. The van der Waals surface area contributed by atoms with Crippen LogP contribution >= 0.6 is 11.8 Å². The summed E-state index contributed by atoms with van der Waals surface area (Å²) < 4.78 is 11.6. The van der Waals surface area contributed by atoms with Gasteiger partial charge in [-0.15, -0.1) is 11.8 Å². The van der Waals surface area contributed by atoms with Crippen molar-refractivity contribution in [3.63, 3.8) is 0 Å². The molecule has 0 saturated heterocycles. The van der Waals surface area contributed by atoms with Crippen LogP contribution in [0.1, 0.15) is 5.56 Å². The number of thioether (sulfide) groups is 1. The zero-order valence-electron chi connectivity index (χ0n) is 8.52. The molecule has 1 aliphatic heterocycles. The topological polar surface area (TPSA) is 43.1 Å². The Labute approximate surface area is 97.1 Å². The van der Waals surface area contributed by atoms with Crippen LogP contribution in [0.2, 0.25) is 0 Å². The van der Waals surface area contributed by atoms with Crippen molar-refractivity contribution in [2.45, 2.75) is 16.6 Å². The van der Waals surface area contributed by atoms with Crippen LogP contribution in [0.3, 0.4) is 0 Å². The maximum absolute atomic E-state index is 11.6. The Kier molecular flexibility index (Phi) is 3.83. The van der Waals surface area contributed by atoms with E-state index in [4.69, 9.17) is 5.73 Å². The van der Waals surface area contributed by atoms with Crippen LogP contribution < -0.4 is 5.73 Å². The third kappa shape index (κ3) is 2.83. The second-order valence-corrected chi connectivity index (χ2v) is 6.61. The Balaban J connectivity index is 1.93. The molecule has 0 aromatic heterocycles. The first-order valence-electron chi connectivity index (χ1n) is 5.09. The Morgan fingerprint density at radius 1 is 1.47 bits per heavy atom. The van der Waals surface area contributed by atoms with Crippen molar-refractivity contribution in [3.8, 4) is 0 Å². The fraction of sp³-hybridized carbons (Fsp3) is 0.455. The third-order valence-electron chi connectivity index (χ3n) is 2.43. The molecule has 0 saturated carbocycles. The Bertz CT molecular complexity index is 342. The van der Waals surface area contributed by atoms with Gasteiger partial charge in [-0.3, -0.25) is 4.21 Å². The molecule has 4 heteroatoms. The van der Waals surface area contributed by atoms with Gasteiger partial charge in [0.05, 0.1) is 0 Å². The first kappa shape index (κ1) is 11.2. The van der Waals surface area contributed by atoms with Crippen molar-refractivity contribution in [1.82, 2.24) is 0 Å². The van der Waals surface area contributed by atoms with E-state index in [2.05, 4.69) is 24.3 Å². The van der Waals surface area contributed by atoms with Crippen LogP contribution in [0.5, 0.6) is 0 Å². The minimum absolute atomic E-state index is 0.481. The van der Waals surface area contributed by atoms with E-state index >= 15 is 0 Å². The second-order valence-electron chi connectivity index (χ2n) is 3.65. The smallest absolute Gasteiger partial charge is 0.0361 e. The molecule has 0 radical (unpaired) electrons. The van der Waals surface area contributed by atoms with Gasteiger partial charge in [-0.2, -0.15) is 0 Å². The summed E-state index contributed by atoms with van der Waals surface area (Å²) in [5.41, 5.74) is 6.79. The Hall–Kier alpha value is -0.320. The first-order valence-corrected chi connectivity index (χ1v) is 7.46. The fourth-order valence-electron chi connectivity index (χ4n) is 1.77. The molecule has 0 aliphatic carbocycles. The van der Waals surface area contributed by atoms with E-state index in [-0.39, 0.29) is 0 Å². The van der Waals surface area contributed by atoms with Crippen LogP contribution in [-0.2, 0) is 17.2 Å². The molecule has 0 spiro atoms. The molecule has 1 heterocycles. The van der Waals surface area contributed by atoms with E-state index in [1.165, 1.54) is 10.5 Å². The van der Waals surface area contributed by atoms with Crippen LogP contribution in [0.25, 0.3) is 0 Å². The summed E-state index contributed by atoms with van der Waals surface area (Å²) in [6.45, 7) is 0.525. The van der Waals surface area contributed by atoms with E-state index in [0.29, 0.717) is 17.5 Å². The van der Waals surface area contributed by atoms with Gasteiger partial charge in [0.15, 0.2) is 0 Å². The summed E-state index contributed by atoms with van der Waals surface area (Å²) in [6.07, 6.45) is 1.05. The number of hydrogen-bond acceptors (Lipinski definition) is 3. The molecular weight excluding hydrogens is 226 g/mol. The Morgan fingerprint density at radius 3 is 3.00 bits per heavy atom. The van der Waals surface area contributed by atoms with Crippen LogP contribution in [-0.4, -0.2) is 27.5 Å². The summed E-state index contributed by atoms with van der Waals surface area (Å²) in [5.74, 6) is 1.41. The molecule has 0 fully saturated rings. The maximum Gasteiger partial charge on any atom is 0.0361 e. The van der Waals surface area contributed by atoms with Crippen LogP contribution in [0, 0.1) is 0 Å². The molecular formula is C11H15NOS2. The van der Waals surface area contributed by atoms with Gasteiger partial charge < -0.3 is 5.73 Å². The summed E-state index contributed by atoms with van der Waals surface area (Å²) in [4.78, 5) is 1.35. The van der Waals surface area contributed by atoms with Crippen molar-refractivity contribution >= 4 is 22.6 Å². The molecule has 0 amide bonds. The average Bonchev–Trinajstić information content (AvgIpc) is 2.59. The van der Waals surface area contributed by atoms with Gasteiger partial charge in [0.2, 0.25) is 0 Å². The number of rotatable bonds is 4. The van der Waals surface area contributed by atoms with Gasteiger partial charge >= 0.3 is 0 Å². The summed E-state index contributed by atoms with van der Waals surface area (Å²) >= 11 is 1.86. The summed E-state index contributed by atoms with van der Waals surface area (Å²) in [5, 5.41) is 0.481. The quantitative estimate of drug-likeness (QED) is 0.867. The van der Waals surface area contributed by atoms with E-state index in [1.807, 2.05) is 11.8 Å². The predicted octanol–water partition coefficient (Wildman–Crippen LogP) is 1.41. The van der Waals surface area contributed by atoms with E-state index in [1.54, 1.807) is 0 Å². The van der Waals surface area contributed by atoms with Crippen molar-refractivity contribution < 1.29 is 4.21 Å². The van der Waals surface area contributed by atoms with Gasteiger partial charge in [-0.05, 0) is 18.1 Å². The number of fused-ring (bicyclic) bond motifs is 1. The molecule has 15 heavy (non-hydrogen) atoms. The molecule has 0 bridgehead atoms. The highest BCUT2D eigenvalue weighted by Crippen LogP contribution is 2.36. The lowest BCUT2D eigenvalue weighted by atomic mass is 10.1. The standard InChI is InChI=1S/C11H15NOS2/c12-5-6-15(13)8-10-7-9-3-1-2-4-11(9)14-10/h1-4,10H,5-8,12H2. The summed E-state index contributed by atoms with van der Waals surface area (Å²) in [7, 11) is -0.744. The molecule has 2 rings (SSSR count). The van der Waals surface area contributed by atoms with Crippen molar-refractivity contribution in [2.24, 2.45) is 5.73 Å². The lowest BCUT2D eigenvalue weighted by Gasteiger charge is -2.06. The number of nitrogens with two attached hydrogens (primary N) is 1. The van der Waals surface area contributed by atoms with E-state index < -0.39 is 10.8 Å². The normalized spacial score (nSPS) is 21.3. The Morgan fingerprint density at radius 2 is 2.27 bits per heavy atom. The van der Waals surface area contributed by atoms with E-state index in [0.717, 1.165) is 12.2 Å². The molecule has 2 N–H and O–H groups in total. The number of hydrogen-bond donors (Lipinski definition) is 1. The SMILES string of the molecule is NCCS(=O)CC1Cc2ccccc2S1. The van der Waals surface area contributed by atoms with Crippen LogP contribution in [0.15, 0.2) is 29.2 Å². The molecule has 1 aromatic rings. The van der Waals surface area contributed by atoms with Gasteiger partial charge in [-0.1, -0.05) is 18.2 Å². The predicted molar refractivity (Wildman–Crippen MR) is 66.7 cm³/mol. The lowest BCUT2D eigenvalue weighted by molar-refractivity contribution is 0.681. The van der Waals surface area contributed by atoms with Gasteiger partial charge in [-0.25, -0.2) is 0 Å². The third-order valence-corrected chi connectivity index (χ3v) is 5.43. The maximum atomic E-state index is 11.6.